The van der Waals surface area contributed by atoms with Gasteiger partial charge in [0, 0.05) is 17.2 Å². The van der Waals surface area contributed by atoms with Crippen LogP contribution >= 0.6 is 23.5 Å². The number of benzene rings is 2. The fourth-order valence-corrected chi connectivity index (χ4v) is 5.31. The Morgan fingerprint density at radius 2 is 1.92 bits per heavy atom. The van der Waals surface area contributed by atoms with Crippen LogP contribution in [0.15, 0.2) is 42.5 Å². The summed E-state index contributed by atoms with van der Waals surface area (Å²) >= 11 is 3.85. The summed E-state index contributed by atoms with van der Waals surface area (Å²) in [6, 6.07) is 14.5. The first-order valence-corrected chi connectivity index (χ1v) is 10.1. The number of thioether (sulfide) groups is 2. The molecule has 1 saturated heterocycles. The van der Waals surface area contributed by atoms with Crippen LogP contribution < -0.4 is 14.8 Å². The molecule has 3 rings (SSSR count). The minimum absolute atomic E-state index is 0.122. The van der Waals surface area contributed by atoms with Gasteiger partial charge in [-0.3, -0.25) is 4.79 Å². The van der Waals surface area contributed by atoms with Gasteiger partial charge in [0.1, 0.15) is 0 Å². The van der Waals surface area contributed by atoms with E-state index in [1.807, 2.05) is 47.8 Å². The summed E-state index contributed by atoms with van der Waals surface area (Å²) in [7, 11) is 1.59. The van der Waals surface area contributed by atoms with Crippen molar-refractivity contribution in [2.45, 2.75) is 4.58 Å². The largest absolute Gasteiger partial charge is 0.493 e. The minimum atomic E-state index is -0.275. The highest BCUT2D eigenvalue weighted by atomic mass is 32.2. The molecule has 1 fully saturated rings. The van der Waals surface area contributed by atoms with E-state index in [9.17, 15) is 4.79 Å². The molecule has 7 heteroatoms. The van der Waals surface area contributed by atoms with Gasteiger partial charge in [0.2, 0.25) is 0 Å². The molecule has 0 radical (unpaired) electrons. The lowest BCUT2D eigenvalue weighted by Crippen LogP contribution is -2.20. The summed E-state index contributed by atoms with van der Waals surface area (Å²) in [5.74, 6) is 3.21. The Bertz CT molecular complexity index is 813. The summed E-state index contributed by atoms with van der Waals surface area (Å²) in [6.07, 6.45) is 0. The number of hydrogen-bond donors (Lipinski definition) is 1. The van der Waals surface area contributed by atoms with E-state index in [4.69, 9.17) is 14.7 Å². The second kappa shape index (κ2) is 8.88. The van der Waals surface area contributed by atoms with E-state index in [0.717, 1.165) is 11.5 Å². The molecule has 26 heavy (non-hydrogen) atoms. The van der Waals surface area contributed by atoms with E-state index >= 15 is 0 Å². The normalized spacial score (nSPS) is 13.8. The quantitative estimate of drug-likeness (QED) is 0.807. The Balaban J connectivity index is 1.59. The van der Waals surface area contributed by atoms with Crippen LogP contribution in [0, 0.1) is 11.3 Å². The molecule has 0 saturated carbocycles. The first-order chi connectivity index (χ1) is 12.7. The number of rotatable bonds is 6. The van der Waals surface area contributed by atoms with Crippen LogP contribution in [0.1, 0.15) is 15.7 Å². The SMILES string of the molecule is COc1cc(C2SCCS2)ccc1OCC(=O)Nc1ccc(C#N)cc1. The van der Waals surface area contributed by atoms with Gasteiger partial charge in [0.25, 0.3) is 5.91 Å². The second-order valence-electron chi connectivity index (χ2n) is 5.51. The molecule has 2 aromatic rings. The first kappa shape index (κ1) is 18.5. The zero-order valence-electron chi connectivity index (χ0n) is 14.2. The van der Waals surface area contributed by atoms with Gasteiger partial charge < -0.3 is 14.8 Å². The molecule has 0 spiro atoms. The van der Waals surface area contributed by atoms with Gasteiger partial charge in [-0.05, 0) is 42.0 Å². The molecular weight excluding hydrogens is 368 g/mol. The van der Waals surface area contributed by atoms with Gasteiger partial charge in [-0.2, -0.15) is 5.26 Å². The topological polar surface area (TPSA) is 71.3 Å². The van der Waals surface area contributed by atoms with E-state index in [1.165, 1.54) is 5.56 Å². The third-order valence-corrected chi connectivity index (χ3v) is 6.84. The lowest BCUT2D eigenvalue weighted by Gasteiger charge is -2.14. The van der Waals surface area contributed by atoms with Gasteiger partial charge in [-0.15, -0.1) is 23.5 Å². The lowest BCUT2D eigenvalue weighted by atomic mass is 10.2. The summed E-state index contributed by atoms with van der Waals surface area (Å²) < 4.78 is 11.5. The maximum absolute atomic E-state index is 12.1. The molecule has 0 aliphatic carbocycles. The molecule has 1 aliphatic heterocycles. The van der Waals surface area contributed by atoms with Gasteiger partial charge in [-0.1, -0.05) is 6.07 Å². The van der Waals surface area contributed by atoms with Crippen LogP contribution in [-0.2, 0) is 4.79 Å². The fourth-order valence-electron chi connectivity index (χ4n) is 2.47. The van der Waals surface area contributed by atoms with E-state index < -0.39 is 0 Å². The molecule has 5 nitrogen and oxygen atoms in total. The standard InChI is InChI=1S/C19H18N2O3S2/c1-23-17-10-14(19-25-8-9-26-19)4-7-16(17)24-12-18(22)21-15-5-2-13(11-20)3-6-15/h2-7,10,19H,8-9,12H2,1H3,(H,21,22). The number of anilines is 1. The zero-order chi connectivity index (χ0) is 18.4. The Morgan fingerprint density at radius 1 is 1.19 bits per heavy atom. The number of hydrogen-bond acceptors (Lipinski definition) is 6. The third kappa shape index (κ3) is 4.65. The van der Waals surface area contributed by atoms with Crippen LogP contribution in [-0.4, -0.2) is 31.1 Å². The molecule has 2 aromatic carbocycles. The molecule has 134 valence electrons. The van der Waals surface area contributed by atoms with Crippen LogP contribution in [0.2, 0.25) is 0 Å². The highest BCUT2D eigenvalue weighted by Gasteiger charge is 2.20. The molecular formula is C19H18N2O3S2. The Kier molecular flexibility index (Phi) is 6.31. The first-order valence-electron chi connectivity index (χ1n) is 8.03. The average molecular weight is 386 g/mol. The molecule has 1 amide bonds. The van der Waals surface area contributed by atoms with Crippen molar-refractivity contribution < 1.29 is 14.3 Å². The van der Waals surface area contributed by atoms with E-state index in [2.05, 4.69) is 5.32 Å². The fraction of sp³-hybridized carbons (Fsp3) is 0.263. The predicted molar refractivity (Wildman–Crippen MR) is 106 cm³/mol. The minimum Gasteiger partial charge on any atom is -0.493 e. The second-order valence-corrected chi connectivity index (χ2v) is 8.23. The zero-order valence-corrected chi connectivity index (χ0v) is 15.9. The number of ether oxygens (including phenoxy) is 2. The molecule has 0 atom stereocenters. The Labute approximate surface area is 161 Å². The third-order valence-electron chi connectivity index (χ3n) is 3.74. The number of nitrogens with one attached hydrogen (secondary N) is 1. The van der Waals surface area contributed by atoms with Gasteiger partial charge in [0.05, 0.1) is 23.3 Å². The van der Waals surface area contributed by atoms with Crippen LogP contribution in [0.3, 0.4) is 0 Å². The van der Waals surface area contributed by atoms with E-state index in [0.29, 0.717) is 27.3 Å². The average Bonchev–Trinajstić information content (AvgIpc) is 3.21. The smallest absolute Gasteiger partial charge is 0.262 e. The maximum atomic E-state index is 12.1. The lowest BCUT2D eigenvalue weighted by molar-refractivity contribution is -0.118. The van der Waals surface area contributed by atoms with Crippen LogP contribution in [0.4, 0.5) is 5.69 Å². The number of nitriles is 1. The maximum Gasteiger partial charge on any atom is 0.262 e. The van der Waals surface area contributed by atoms with Crippen LogP contribution in [0.25, 0.3) is 0 Å². The van der Waals surface area contributed by atoms with E-state index in [-0.39, 0.29) is 12.5 Å². The van der Waals surface area contributed by atoms with Gasteiger partial charge in [-0.25, -0.2) is 0 Å². The van der Waals surface area contributed by atoms with Crippen molar-refractivity contribution in [3.8, 4) is 17.6 Å². The number of nitrogens with zero attached hydrogens (tertiary/aromatic N) is 1. The highest BCUT2D eigenvalue weighted by molar-refractivity contribution is 8.19. The molecule has 0 unspecified atom stereocenters. The molecule has 0 aromatic heterocycles. The number of amides is 1. The Hall–Kier alpha value is -2.30. The monoisotopic (exact) mass is 386 g/mol. The van der Waals surface area contributed by atoms with Crippen molar-refractivity contribution in [1.29, 1.82) is 5.26 Å². The number of carbonyl (C=O) groups is 1. The number of methoxy groups -OCH3 is 1. The van der Waals surface area contributed by atoms with Crippen molar-refractivity contribution in [1.82, 2.24) is 0 Å². The van der Waals surface area contributed by atoms with Crippen molar-refractivity contribution in [3.63, 3.8) is 0 Å². The summed E-state index contributed by atoms with van der Waals surface area (Å²) in [6.45, 7) is -0.122. The summed E-state index contributed by atoms with van der Waals surface area (Å²) in [4.78, 5) is 12.1. The summed E-state index contributed by atoms with van der Waals surface area (Å²) in [5, 5.41) is 11.5. The number of carbonyl (C=O) groups excluding carboxylic acids is 1. The van der Waals surface area contributed by atoms with Crippen molar-refractivity contribution in [2.24, 2.45) is 0 Å². The summed E-state index contributed by atoms with van der Waals surface area (Å²) in [5.41, 5.74) is 2.36. The Morgan fingerprint density at radius 3 is 2.58 bits per heavy atom. The van der Waals surface area contributed by atoms with Crippen molar-refractivity contribution >= 4 is 35.1 Å². The van der Waals surface area contributed by atoms with Crippen molar-refractivity contribution in [3.05, 3.63) is 53.6 Å². The molecule has 0 bridgehead atoms. The van der Waals surface area contributed by atoms with Crippen LogP contribution in [0.5, 0.6) is 11.5 Å². The predicted octanol–water partition coefficient (Wildman–Crippen LogP) is 4.06. The molecule has 1 N–H and O–H groups in total. The van der Waals surface area contributed by atoms with Gasteiger partial charge >= 0.3 is 0 Å². The van der Waals surface area contributed by atoms with Gasteiger partial charge in [0.15, 0.2) is 18.1 Å². The van der Waals surface area contributed by atoms with Crippen molar-refractivity contribution in [2.75, 3.05) is 30.5 Å². The molecule has 1 aliphatic rings. The molecule has 1 heterocycles. The van der Waals surface area contributed by atoms with E-state index in [1.54, 1.807) is 31.4 Å². The highest BCUT2D eigenvalue weighted by Crippen LogP contribution is 2.46.